The number of nitrogens with zero attached hydrogens (tertiary/aromatic N) is 1. The number of ether oxygens (including phenoxy) is 3. The molecule has 0 radical (unpaired) electrons. The van der Waals surface area contributed by atoms with Gasteiger partial charge in [0.15, 0.2) is 17.3 Å². The van der Waals surface area contributed by atoms with E-state index in [2.05, 4.69) is 0 Å². The van der Waals surface area contributed by atoms with E-state index in [4.69, 9.17) is 14.2 Å². The second kappa shape index (κ2) is 7.39. The lowest BCUT2D eigenvalue weighted by molar-refractivity contribution is -0.00745. The van der Waals surface area contributed by atoms with Crippen molar-refractivity contribution in [1.82, 2.24) is 4.90 Å². The molecular weight excluding hydrogens is 377 g/mol. The molecule has 7 heteroatoms. The highest BCUT2D eigenvalue weighted by molar-refractivity contribution is 6.01. The first kappa shape index (κ1) is 19.2. The number of amides is 1. The second-order valence-corrected chi connectivity index (χ2v) is 7.36. The van der Waals surface area contributed by atoms with Gasteiger partial charge in [0.1, 0.15) is 11.4 Å². The van der Waals surface area contributed by atoms with Crippen LogP contribution in [0.2, 0.25) is 0 Å². The molecule has 2 aliphatic heterocycles. The van der Waals surface area contributed by atoms with Gasteiger partial charge in [0.05, 0.1) is 26.2 Å². The number of methoxy groups -OCH3 is 2. The molecule has 29 heavy (non-hydrogen) atoms. The molecule has 6 nitrogen and oxygen atoms in total. The molecule has 2 aromatic rings. The van der Waals surface area contributed by atoms with Crippen LogP contribution in [0.25, 0.3) is 0 Å². The molecule has 2 aliphatic rings. The van der Waals surface area contributed by atoms with Crippen LogP contribution in [0.5, 0.6) is 17.2 Å². The first-order valence-electron chi connectivity index (χ1n) is 9.48. The minimum atomic E-state index is -0.677. The summed E-state index contributed by atoms with van der Waals surface area (Å²) >= 11 is 0. The third-order valence-corrected chi connectivity index (χ3v) is 5.65. The molecule has 1 spiro atoms. The maximum Gasteiger partial charge on any atom is 0.253 e. The summed E-state index contributed by atoms with van der Waals surface area (Å²) in [7, 11) is 3.04. The van der Waals surface area contributed by atoms with Crippen molar-refractivity contribution in [3.8, 4) is 17.2 Å². The van der Waals surface area contributed by atoms with Crippen molar-refractivity contribution in [2.24, 2.45) is 0 Å². The average molecular weight is 399 g/mol. The van der Waals surface area contributed by atoms with Crippen molar-refractivity contribution in [1.29, 1.82) is 0 Å². The van der Waals surface area contributed by atoms with Gasteiger partial charge >= 0.3 is 0 Å². The van der Waals surface area contributed by atoms with Crippen LogP contribution in [0.1, 0.15) is 40.0 Å². The highest BCUT2D eigenvalue weighted by Gasteiger charge is 2.45. The highest BCUT2D eigenvalue weighted by Crippen LogP contribution is 2.47. The predicted octanol–water partition coefficient (Wildman–Crippen LogP) is 3.48. The summed E-state index contributed by atoms with van der Waals surface area (Å²) in [6, 6.07) is 8.91. The Hall–Kier alpha value is -3.09. The van der Waals surface area contributed by atoms with Gasteiger partial charge in [-0.05, 0) is 36.4 Å². The van der Waals surface area contributed by atoms with Crippen molar-refractivity contribution in [2.45, 2.75) is 24.9 Å². The Balaban J connectivity index is 1.54. The van der Waals surface area contributed by atoms with Crippen LogP contribution in [-0.2, 0) is 0 Å². The van der Waals surface area contributed by atoms with E-state index in [-0.39, 0.29) is 23.9 Å². The molecule has 1 fully saturated rings. The molecule has 0 atom stereocenters. The summed E-state index contributed by atoms with van der Waals surface area (Å²) in [6.45, 7) is 0.899. The summed E-state index contributed by atoms with van der Waals surface area (Å²) in [5.41, 5.74) is 0.251. The van der Waals surface area contributed by atoms with E-state index in [0.29, 0.717) is 54.3 Å². The minimum absolute atomic E-state index is 0.00878. The number of ketones is 1. The highest BCUT2D eigenvalue weighted by atomic mass is 19.1. The summed E-state index contributed by atoms with van der Waals surface area (Å²) in [5.74, 6) is 0.770. The quantitative estimate of drug-likeness (QED) is 0.791. The zero-order valence-electron chi connectivity index (χ0n) is 16.4. The minimum Gasteiger partial charge on any atom is -0.493 e. The van der Waals surface area contributed by atoms with Crippen LogP contribution in [0.15, 0.2) is 36.4 Å². The lowest BCUT2D eigenvalue weighted by atomic mass is 9.82. The van der Waals surface area contributed by atoms with Gasteiger partial charge in [0.2, 0.25) is 5.75 Å². The van der Waals surface area contributed by atoms with Gasteiger partial charge in [-0.1, -0.05) is 0 Å². The van der Waals surface area contributed by atoms with Crippen molar-refractivity contribution < 1.29 is 28.2 Å². The maximum atomic E-state index is 13.1. The molecule has 152 valence electrons. The Morgan fingerprint density at radius 3 is 2.38 bits per heavy atom. The van der Waals surface area contributed by atoms with Crippen molar-refractivity contribution in [3.05, 3.63) is 53.3 Å². The Labute approximate surface area is 168 Å². The second-order valence-electron chi connectivity index (χ2n) is 7.36. The molecule has 2 aromatic carbocycles. The van der Waals surface area contributed by atoms with Crippen molar-refractivity contribution in [3.63, 3.8) is 0 Å². The zero-order chi connectivity index (χ0) is 20.6. The molecule has 0 unspecified atom stereocenters. The molecule has 0 bridgehead atoms. The first-order chi connectivity index (χ1) is 14.0. The summed E-state index contributed by atoms with van der Waals surface area (Å²) in [6.07, 6.45) is 1.30. The number of piperidine rings is 1. The molecule has 0 saturated carbocycles. The lowest BCUT2D eigenvalue weighted by Gasteiger charge is -2.44. The number of halogens is 1. The number of rotatable bonds is 3. The fraction of sp³-hybridized carbons (Fsp3) is 0.364. The van der Waals surface area contributed by atoms with Gasteiger partial charge in [0.25, 0.3) is 5.91 Å². The standard InChI is InChI=1S/C22H22FNO5/c1-27-18-8-7-16-17(25)13-22(29-19(16)20(18)28-2)9-11-24(12-10-22)21(26)14-3-5-15(23)6-4-14/h3-8H,9-13H2,1-2H3. The molecule has 4 rings (SSSR count). The maximum absolute atomic E-state index is 13.1. The largest absolute Gasteiger partial charge is 0.493 e. The van der Waals surface area contributed by atoms with Gasteiger partial charge in [-0.3, -0.25) is 9.59 Å². The number of benzene rings is 2. The zero-order valence-corrected chi connectivity index (χ0v) is 16.4. The van der Waals surface area contributed by atoms with Crippen LogP contribution in [0.3, 0.4) is 0 Å². The molecule has 0 N–H and O–H groups in total. The normalized spacial score (nSPS) is 17.5. The summed E-state index contributed by atoms with van der Waals surface area (Å²) in [4.78, 5) is 27.2. The van der Waals surface area contributed by atoms with E-state index in [1.54, 1.807) is 17.0 Å². The Morgan fingerprint density at radius 1 is 1.07 bits per heavy atom. The number of carbonyl (C=O) groups excluding carboxylic acids is 2. The smallest absolute Gasteiger partial charge is 0.253 e. The van der Waals surface area contributed by atoms with E-state index >= 15 is 0 Å². The van der Waals surface area contributed by atoms with Crippen LogP contribution in [-0.4, -0.2) is 49.5 Å². The third kappa shape index (κ3) is 3.41. The van der Waals surface area contributed by atoms with E-state index in [9.17, 15) is 14.0 Å². The van der Waals surface area contributed by atoms with E-state index in [0.717, 1.165) is 0 Å². The molecule has 0 aliphatic carbocycles. The van der Waals surface area contributed by atoms with Gasteiger partial charge < -0.3 is 19.1 Å². The van der Waals surface area contributed by atoms with E-state index in [1.807, 2.05) is 0 Å². The van der Waals surface area contributed by atoms with E-state index in [1.165, 1.54) is 38.5 Å². The molecule has 0 aromatic heterocycles. The number of hydrogen-bond acceptors (Lipinski definition) is 5. The van der Waals surface area contributed by atoms with Crippen molar-refractivity contribution in [2.75, 3.05) is 27.3 Å². The number of fused-ring (bicyclic) bond motifs is 1. The molecule has 1 saturated heterocycles. The first-order valence-corrected chi connectivity index (χ1v) is 9.48. The van der Waals surface area contributed by atoms with Crippen LogP contribution in [0, 0.1) is 5.82 Å². The lowest BCUT2D eigenvalue weighted by Crippen LogP contribution is -2.52. The number of Topliss-reactive ketones (excluding diaryl/α,β-unsaturated/α-hetero) is 1. The molecule has 1 amide bonds. The number of carbonyl (C=O) groups is 2. The van der Waals surface area contributed by atoms with Crippen LogP contribution < -0.4 is 14.2 Å². The van der Waals surface area contributed by atoms with Gasteiger partial charge in [-0.2, -0.15) is 0 Å². The van der Waals surface area contributed by atoms with Crippen LogP contribution >= 0.6 is 0 Å². The Kier molecular flexibility index (Phi) is 4.90. The summed E-state index contributed by atoms with van der Waals surface area (Å²) in [5, 5.41) is 0. The fourth-order valence-corrected chi connectivity index (χ4v) is 4.03. The Morgan fingerprint density at radius 2 is 1.76 bits per heavy atom. The average Bonchev–Trinajstić information content (AvgIpc) is 2.73. The number of hydrogen-bond donors (Lipinski definition) is 0. The molecule has 2 heterocycles. The Bertz CT molecular complexity index is 948. The van der Waals surface area contributed by atoms with Crippen LogP contribution in [0.4, 0.5) is 4.39 Å². The van der Waals surface area contributed by atoms with Gasteiger partial charge in [-0.15, -0.1) is 0 Å². The topological polar surface area (TPSA) is 65.1 Å². The van der Waals surface area contributed by atoms with Gasteiger partial charge in [-0.25, -0.2) is 4.39 Å². The predicted molar refractivity (Wildman–Crippen MR) is 103 cm³/mol. The van der Waals surface area contributed by atoms with Gasteiger partial charge in [0, 0.05) is 31.5 Å². The number of likely N-dealkylation sites (tertiary alicyclic amines) is 1. The summed E-state index contributed by atoms with van der Waals surface area (Å²) < 4.78 is 30.2. The third-order valence-electron chi connectivity index (χ3n) is 5.65. The fourth-order valence-electron chi connectivity index (χ4n) is 4.03. The van der Waals surface area contributed by atoms with E-state index < -0.39 is 5.60 Å². The van der Waals surface area contributed by atoms with Crippen molar-refractivity contribution >= 4 is 11.7 Å². The monoisotopic (exact) mass is 399 g/mol. The molecular formula is C22H22FNO5. The SMILES string of the molecule is COc1ccc2c(c1OC)OC1(CCN(C(=O)c3ccc(F)cc3)CC1)CC2=O.